The van der Waals surface area contributed by atoms with Gasteiger partial charge in [0.1, 0.15) is 73.2 Å². The van der Waals surface area contributed by atoms with Gasteiger partial charge in [0.15, 0.2) is 18.9 Å². The van der Waals surface area contributed by atoms with Crippen molar-refractivity contribution in [2.24, 2.45) is 0 Å². The Labute approximate surface area is 516 Å². The molecule has 0 aromatic rings. The van der Waals surface area contributed by atoms with Crippen LogP contribution in [0.2, 0.25) is 0 Å². The number of rotatable bonds is 51. The first-order chi connectivity index (χ1) is 41.8. The Morgan fingerprint density at radius 2 is 0.779 bits per heavy atom. The van der Waals surface area contributed by atoms with Gasteiger partial charge in [-0.15, -0.1) is 0 Å². The van der Waals surface area contributed by atoms with E-state index in [9.17, 15) is 61.0 Å². The monoisotopic (exact) mass is 1230 g/mol. The number of aliphatic hydroxyl groups is 11. The minimum absolute atomic E-state index is 0.236. The number of ether oxygens (including phenoxy) is 6. The molecule has 3 fully saturated rings. The van der Waals surface area contributed by atoms with Crippen LogP contribution in [0, 0.1) is 0 Å². The highest BCUT2D eigenvalue weighted by atomic mass is 16.8. The van der Waals surface area contributed by atoms with Gasteiger partial charge in [0.2, 0.25) is 5.91 Å². The topological polar surface area (TPSA) is 307 Å². The van der Waals surface area contributed by atoms with Gasteiger partial charge in [-0.1, -0.05) is 217 Å². The molecule has 502 valence electrons. The molecule has 0 aliphatic carbocycles. The predicted molar refractivity (Wildman–Crippen MR) is 332 cm³/mol. The summed E-state index contributed by atoms with van der Waals surface area (Å²) in [5, 5.41) is 120. The molecular formula is C67H121NO18. The van der Waals surface area contributed by atoms with Gasteiger partial charge >= 0.3 is 0 Å². The van der Waals surface area contributed by atoms with Gasteiger partial charge < -0.3 is 89.9 Å². The molecule has 86 heavy (non-hydrogen) atoms. The fourth-order valence-electron chi connectivity index (χ4n) is 11.3. The summed E-state index contributed by atoms with van der Waals surface area (Å²) < 4.78 is 34.3. The molecule has 19 nitrogen and oxygen atoms in total. The lowest BCUT2D eigenvalue weighted by Crippen LogP contribution is -2.66. The molecule has 0 saturated carbocycles. The van der Waals surface area contributed by atoms with E-state index in [0.29, 0.717) is 12.8 Å². The lowest BCUT2D eigenvalue weighted by atomic mass is 9.96. The largest absolute Gasteiger partial charge is 0.394 e. The molecule has 17 unspecified atom stereocenters. The van der Waals surface area contributed by atoms with Crippen molar-refractivity contribution < 1.29 is 89.4 Å². The van der Waals surface area contributed by atoms with Crippen molar-refractivity contribution in [3.8, 4) is 0 Å². The maximum absolute atomic E-state index is 13.4. The van der Waals surface area contributed by atoms with Gasteiger partial charge in [0.05, 0.1) is 38.6 Å². The maximum atomic E-state index is 13.4. The highest BCUT2D eigenvalue weighted by molar-refractivity contribution is 5.76. The number of carbonyl (C=O) groups is 1. The first-order valence-corrected chi connectivity index (χ1v) is 33.9. The molecule has 0 aromatic carbocycles. The summed E-state index contributed by atoms with van der Waals surface area (Å²) in [6, 6.07) is -0.988. The Balaban J connectivity index is 1.39. The summed E-state index contributed by atoms with van der Waals surface area (Å²) in [7, 11) is 0. The van der Waals surface area contributed by atoms with E-state index < -0.39 is 124 Å². The van der Waals surface area contributed by atoms with E-state index in [1.165, 1.54) is 161 Å². The van der Waals surface area contributed by atoms with Gasteiger partial charge in [-0.3, -0.25) is 4.79 Å². The third-order valence-electron chi connectivity index (χ3n) is 16.8. The standard InChI is InChI=1S/C67H121NO18/c1-3-5-7-9-11-13-15-17-18-19-20-21-22-23-24-25-26-27-28-29-30-31-32-33-35-37-39-41-43-45-55(73)68-50(51(72)44-42-40-38-36-34-16-14-12-10-8-6-4-2)49-81-65-61(79)58(76)63(53(47-70)83-65)86-67-62(80)59(77)64(54(48-71)84-67)85-66-60(78)57(75)56(74)52(46-69)82-66/h15,17,19-20,34,36,42,44,50-54,56-67,69-72,74-80H,3-14,16,18,21-33,35,37-41,43,45-49H2,1-2H3,(H,68,73)/b17-15-,20-19-,36-34+,44-42+. The molecular weight excluding hydrogens is 1110 g/mol. The van der Waals surface area contributed by atoms with E-state index in [-0.39, 0.29) is 18.9 Å². The molecule has 19 heteroatoms. The second-order valence-corrected chi connectivity index (χ2v) is 24.3. The van der Waals surface area contributed by atoms with Gasteiger partial charge in [-0.05, 0) is 64.2 Å². The van der Waals surface area contributed by atoms with Crippen molar-refractivity contribution in [3.05, 3.63) is 48.6 Å². The zero-order chi connectivity index (χ0) is 62.6. The predicted octanol–water partition coefficient (Wildman–Crippen LogP) is 8.22. The van der Waals surface area contributed by atoms with Crippen molar-refractivity contribution in [1.82, 2.24) is 5.32 Å². The Bertz CT molecular complexity index is 1750. The van der Waals surface area contributed by atoms with Crippen molar-refractivity contribution in [3.63, 3.8) is 0 Å². The molecule has 0 radical (unpaired) electrons. The minimum Gasteiger partial charge on any atom is -0.394 e. The lowest BCUT2D eigenvalue weighted by Gasteiger charge is -2.48. The summed E-state index contributed by atoms with van der Waals surface area (Å²) >= 11 is 0. The second kappa shape index (κ2) is 49.5. The molecule has 3 heterocycles. The van der Waals surface area contributed by atoms with Gasteiger partial charge in [-0.2, -0.15) is 0 Å². The Morgan fingerprint density at radius 3 is 1.23 bits per heavy atom. The molecule has 0 bridgehead atoms. The molecule has 0 aromatic heterocycles. The van der Waals surface area contributed by atoms with Crippen molar-refractivity contribution in [1.29, 1.82) is 0 Å². The van der Waals surface area contributed by atoms with Crippen molar-refractivity contribution in [2.75, 3.05) is 26.4 Å². The van der Waals surface area contributed by atoms with Crippen LogP contribution < -0.4 is 5.32 Å². The number of allylic oxidation sites excluding steroid dienone is 7. The minimum atomic E-state index is -1.98. The summed E-state index contributed by atoms with van der Waals surface area (Å²) in [5.41, 5.74) is 0. The molecule has 0 spiro atoms. The fourth-order valence-corrected chi connectivity index (χ4v) is 11.3. The first-order valence-electron chi connectivity index (χ1n) is 33.9. The summed E-state index contributed by atoms with van der Waals surface area (Å²) in [6.45, 7) is 1.68. The van der Waals surface area contributed by atoms with Gasteiger partial charge in [0.25, 0.3) is 0 Å². The van der Waals surface area contributed by atoms with Gasteiger partial charge in [0, 0.05) is 6.42 Å². The third kappa shape index (κ3) is 31.7. The molecule has 3 rings (SSSR count). The van der Waals surface area contributed by atoms with Crippen molar-refractivity contribution >= 4 is 5.91 Å². The van der Waals surface area contributed by atoms with Crippen LogP contribution in [0.1, 0.15) is 239 Å². The van der Waals surface area contributed by atoms with E-state index in [4.69, 9.17) is 28.4 Å². The summed E-state index contributed by atoms with van der Waals surface area (Å²) in [6.07, 6.45) is 31.1. The number of hydrogen-bond acceptors (Lipinski definition) is 18. The van der Waals surface area contributed by atoms with Crippen LogP contribution in [-0.2, 0) is 33.2 Å². The maximum Gasteiger partial charge on any atom is 0.220 e. The molecule has 3 aliphatic rings. The van der Waals surface area contributed by atoms with E-state index in [1.807, 2.05) is 6.08 Å². The quantitative estimate of drug-likeness (QED) is 0.0202. The van der Waals surface area contributed by atoms with Crippen LogP contribution in [0.25, 0.3) is 0 Å². The second-order valence-electron chi connectivity index (χ2n) is 24.3. The average molecular weight is 1230 g/mol. The fraction of sp³-hybridized carbons (Fsp3) is 0.866. The van der Waals surface area contributed by atoms with E-state index in [1.54, 1.807) is 6.08 Å². The average Bonchev–Trinajstić information content (AvgIpc) is 2.62. The molecule has 3 saturated heterocycles. The zero-order valence-electron chi connectivity index (χ0n) is 52.8. The highest BCUT2D eigenvalue weighted by Gasteiger charge is 2.53. The van der Waals surface area contributed by atoms with E-state index in [0.717, 1.165) is 44.9 Å². The van der Waals surface area contributed by atoms with Crippen molar-refractivity contribution in [2.45, 2.75) is 343 Å². The number of unbranched alkanes of at least 4 members (excludes halogenated alkanes) is 29. The van der Waals surface area contributed by atoms with Crippen LogP contribution in [0.15, 0.2) is 48.6 Å². The smallest absolute Gasteiger partial charge is 0.220 e. The lowest BCUT2D eigenvalue weighted by molar-refractivity contribution is -0.379. The van der Waals surface area contributed by atoms with E-state index in [2.05, 4.69) is 55.6 Å². The third-order valence-corrected chi connectivity index (χ3v) is 16.8. The zero-order valence-corrected chi connectivity index (χ0v) is 52.8. The summed E-state index contributed by atoms with van der Waals surface area (Å²) in [4.78, 5) is 13.4. The number of amides is 1. The molecule has 17 atom stereocenters. The number of hydrogen-bond donors (Lipinski definition) is 12. The highest BCUT2D eigenvalue weighted by Crippen LogP contribution is 2.33. The molecule has 3 aliphatic heterocycles. The Morgan fingerprint density at radius 1 is 0.419 bits per heavy atom. The SMILES string of the molecule is CCCCCCC/C=C\C/C=C\CCCCCCCCCCCCCCCCCCCC(=O)NC(COC1OC(CO)C(OC2OC(CO)C(OC3OC(CO)C(O)C(O)C3O)C(O)C2O)C(O)C1O)C(O)/C=C/CC/C=C/CCCCCCCC. The number of aliphatic hydroxyl groups excluding tert-OH is 11. The number of nitrogens with one attached hydrogen (secondary N) is 1. The van der Waals surface area contributed by atoms with Crippen LogP contribution in [-0.4, -0.2) is 193 Å². The van der Waals surface area contributed by atoms with Crippen LogP contribution in [0.4, 0.5) is 0 Å². The Kier molecular flexibility index (Phi) is 44.8. The summed E-state index contributed by atoms with van der Waals surface area (Å²) in [5.74, 6) is -0.286. The van der Waals surface area contributed by atoms with E-state index >= 15 is 0 Å². The normalized spacial score (nSPS) is 29.1. The van der Waals surface area contributed by atoms with Gasteiger partial charge in [-0.25, -0.2) is 0 Å². The molecule has 12 N–H and O–H groups in total. The number of carbonyl (C=O) groups excluding carboxylic acids is 1. The van der Waals surface area contributed by atoms with Crippen LogP contribution >= 0.6 is 0 Å². The Hall–Kier alpha value is -2.25. The van der Waals surface area contributed by atoms with Crippen LogP contribution in [0.5, 0.6) is 0 Å². The molecule has 1 amide bonds. The van der Waals surface area contributed by atoms with Crippen LogP contribution in [0.3, 0.4) is 0 Å². The first kappa shape index (κ1) is 78.0.